The van der Waals surface area contributed by atoms with Crippen LogP contribution >= 0.6 is 48.0 Å². The van der Waals surface area contributed by atoms with Gasteiger partial charge in [-0.05, 0) is 53.4 Å². The van der Waals surface area contributed by atoms with Gasteiger partial charge in [-0.15, -0.1) is 24.8 Å². The van der Waals surface area contributed by atoms with Crippen LogP contribution in [0.5, 0.6) is 0 Å². The van der Waals surface area contributed by atoms with Crippen LogP contribution < -0.4 is 4.90 Å². The smallest absolute Gasteiger partial charge is 0.241 e. The molecule has 9 heteroatoms. The van der Waals surface area contributed by atoms with E-state index in [0.29, 0.717) is 18.1 Å². The maximum atomic E-state index is 13.1. The first-order chi connectivity index (χ1) is 16.6. The van der Waals surface area contributed by atoms with E-state index in [-0.39, 0.29) is 36.8 Å². The Hall–Kier alpha value is -2.54. The number of halogens is 4. The molecule has 0 bridgehead atoms. The summed E-state index contributed by atoms with van der Waals surface area (Å²) in [6.45, 7) is 1.70. The molecule has 4 aromatic rings. The lowest BCUT2D eigenvalue weighted by Crippen LogP contribution is -2.51. The van der Waals surface area contributed by atoms with Crippen molar-refractivity contribution in [2.45, 2.75) is 12.5 Å². The SMILES string of the molecule is Cl.Cl.O=C1CN(C(Cc2ccc(-c3ccc(Cl)cc3)cc2)c2cnc[nH]2)CCN1c1cccc(Cl)c1. The van der Waals surface area contributed by atoms with Gasteiger partial charge in [0.2, 0.25) is 5.91 Å². The third kappa shape index (κ3) is 6.41. The van der Waals surface area contributed by atoms with E-state index in [1.165, 1.54) is 5.56 Å². The van der Waals surface area contributed by atoms with E-state index in [9.17, 15) is 4.79 Å². The topological polar surface area (TPSA) is 52.2 Å². The van der Waals surface area contributed by atoms with E-state index in [2.05, 4.69) is 39.1 Å². The molecule has 1 saturated heterocycles. The lowest BCUT2D eigenvalue weighted by atomic mass is 9.98. The largest absolute Gasteiger partial charge is 0.347 e. The van der Waals surface area contributed by atoms with Crippen LogP contribution in [0.25, 0.3) is 11.1 Å². The number of carbonyl (C=O) groups is 1. The third-order valence-corrected chi connectivity index (χ3v) is 6.74. The van der Waals surface area contributed by atoms with Crippen molar-refractivity contribution < 1.29 is 4.79 Å². The van der Waals surface area contributed by atoms with Crippen molar-refractivity contribution in [3.8, 4) is 11.1 Å². The Kier molecular flexibility index (Phi) is 9.83. The Morgan fingerprint density at radius 1 is 0.889 bits per heavy atom. The zero-order valence-electron chi connectivity index (χ0n) is 19.3. The van der Waals surface area contributed by atoms with Crippen molar-refractivity contribution in [2.75, 3.05) is 24.5 Å². The number of piperazine rings is 1. The number of hydrogen-bond acceptors (Lipinski definition) is 3. The lowest BCUT2D eigenvalue weighted by Gasteiger charge is -2.38. The molecule has 0 radical (unpaired) electrons. The number of imidazole rings is 1. The predicted octanol–water partition coefficient (Wildman–Crippen LogP) is 6.86. The number of H-pyrrole nitrogens is 1. The summed E-state index contributed by atoms with van der Waals surface area (Å²) in [6, 6.07) is 23.9. The molecule has 1 fully saturated rings. The molecule has 1 amide bonds. The molecular formula is C27H26Cl4N4O. The van der Waals surface area contributed by atoms with Gasteiger partial charge in [-0.25, -0.2) is 4.98 Å². The second-order valence-corrected chi connectivity index (χ2v) is 9.30. The highest BCUT2D eigenvalue weighted by atomic mass is 35.5. The van der Waals surface area contributed by atoms with Crippen molar-refractivity contribution in [1.82, 2.24) is 14.9 Å². The Morgan fingerprint density at radius 2 is 1.58 bits per heavy atom. The quantitative estimate of drug-likeness (QED) is 0.279. The molecular weight excluding hydrogens is 538 g/mol. The van der Waals surface area contributed by atoms with Gasteiger partial charge in [-0.2, -0.15) is 0 Å². The number of hydrogen-bond donors (Lipinski definition) is 1. The fourth-order valence-corrected chi connectivity index (χ4v) is 4.77. The van der Waals surface area contributed by atoms with Crippen molar-refractivity contribution in [3.05, 3.63) is 107 Å². The minimum Gasteiger partial charge on any atom is -0.347 e. The number of aromatic amines is 1. The summed E-state index contributed by atoms with van der Waals surface area (Å²) in [5.74, 6) is 0.0659. The maximum absolute atomic E-state index is 13.1. The minimum absolute atomic E-state index is 0. The van der Waals surface area contributed by atoms with Crippen molar-refractivity contribution in [1.29, 1.82) is 0 Å². The molecule has 0 spiro atoms. The van der Waals surface area contributed by atoms with Crippen LogP contribution in [0.4, 0.5) is 5.69 Å². The fraction of sp³-hybridized carbons (Fsp3) is 0.185. The number of carbonyl (C=O) groups excluding carboxylic acids is 1. The third-order valence-electron chi connectivity index (χ3n) is 6.25. The first kappa shape index (κ1) is 28.0. The van der Waals surface area contributed by atoms with E-state index in [1.54, 1.807) is 6.33 Å². The molecule has 188 valence electrons. The Balaban J connectivity index is 0.00000180. The standard InChI is InChI=1S/C27H24Cl2N4O.2ClH/c28-22-10-8-21(9-11-22)20-6-4-19(5-7-20)14-26(25-16-30-18-31-25)32-12-13-33(27(34)17-32)24-3-1-2-23(29)15-24;;/h1-11,15-16,18,26H,12-14,17H2,(H,30,31);2*1H. The summed E-state index contributed by atoms with van der Waals surface area (Å²) >= 11 is 12.2. The molecule has 1 unspecified atom stereocenters. The van der Waals surface area contributed by atoms with Crippen LogP contribution in [-0.2, 0) is 11.2 Å². The molecule has 2 heterocycles. The lowest BCUT2D eigenvalue weighted by molar-refractivity contribution is -0.122. The number of amides is 1. The van der Waals surface area contributed by atoms with Gasteiger partial charge >= 0.3 is 0 Å². The summed E-state index contributed by atoms with van der Waals surface area (Å²) in [5.41, 5.74) is 5.31. The van der Waals surface area contributed by atoms with Crippen LogP contribution in [0.1, 0.15) is 17.3 Å². The summed E-state index contributed by atoms with van der Waals surface area (Å²) in [4.78, 5) is 24.6. The monoisotopic (exact) mass is 562 g/mol. The van der Waals surface area contributed by atoms with E-state index in [0.717, 1.165) is 40.5 Å². The highest BCUT2D eigenvalue weighted by molar-refractivity contribution is 6.31. The van der Waals surface area contributed by atoms with Gasteiger partial charge in [-0.1, -0.05) is 65.7 Å². The zero-order valence-corrected chi connectivity index (χ0v) is 22.5. The molecule has 36 heavy (non-hydrogen) atoms. The molecule has 0 aliphatic carbocycles. The van der Waals surface area contributed by atoms with E-state index in [4.69, 9.17) is 23.2 Å². The first-order valence-corrected chi connectivity index (χ1v) is 12.0. The van der Waals surface area contributed by atoms with Gasteiger partial charge in [0.15, 0.2) is 0 Å². The molecule has 1 aliphatic heterocycles. The van der Waals surface area contributed by atoms with Crippen molar-refractivity contribution in [2.24, 2.45) is 0 Å². The van der Waals surface area contributed by atoms with Crippen molar-refractivity contribution >= 4 is 59.6 Å². The second kappa shape index (κ2) is 12.6. The number of anilines is 1. The average Bonchev–Trinajstić information content (AvgIpc) is 3.38. The van der Waals surface area contributed by atoms with Gasteiger partial charge in [-0.3, -0.25) is 9.69 Å². The predicted molar refractivity (Wildman–Crippen MR) is 152 cm³/mol. The summed E-state index contributed by atoms with van der Waals surface area (Å²) in [6.07, 6.45) is 4.31. The molecule has 5 rings (SSSR count). The number of nitrogens with one attached hydrogen (secondary N) is 1. The molecule has 3 aromatic carbocycles. The summed E-state index contributed by atoms with van der Waals surface area (Å²) in [7, 11) is 0. The van der Waals surface area contributed by atoms with Gasteiger partial charge in [0, 0.05) is 35.0 Å². The van der Waals surface area contributed by atoms with Crippen LogP contribution in [-0.4, -0.2) is 40.4 Å². The normalized spacial score (nSPS) is 14.6. The fourth-order valence-electron chi connectivity index (χ4n) is 4.46. The second-order valence-electron chi connectivity index (χ2n) is 8.43. The van der Waals surface area contributed by atoms with Gasteiger partial charge in [0.25, 0.3) is 0 Å². The summed E-state index contributed by atoms with van der Waals surface area (Å²) < 4.78 is 0. The van der Waals surface area contributed by atoms with Gasteiger partial charge in [0.1, 0.15) is 0 Å². The Bertz CT molecular complexity index is 1260. The Labute approximate surface area is 233 Å². The van der Waals surface area contributed by atoms with Gasteiger partial charge < -0.3 is 9.88 Å². The number of aromatic nitrogens is 2. The number of nitrogens with zero attached hydrogens (tertiary/aromatic N) is 3. The highest BCUT2D eigenvalue weighted by Gasteiger charge is 2.31. The van der Waals surface area contributed by atoms with E-state index < -0.39 is 0 Å². The number of benzene rings is 3. The molecule has 1 atom stereocenters. The minimum atomic E-state index is 0. The van der Waals surface area contributed by atoms with Gasteiger partial charge in [0.05, 0.1) is 24.6 Å². The molecule has 5 nitrogen and oxygen atoms in total. The Morgan fingerprint density at radius 3 is 2.19 bits per heavy atom. The average molecular weight is 564 g/mol. The van der Waals surface area contributed by atoms with Crippen molar-refractivity contribution in [3.63, 3.8) is 0 Å². The highest BCUT2D eigenvalue weighted by Crippen LogP contribution is 2.29. The molecule has 1 N–H and O–H groups in total. The van der Waals surface area contributed by atoms with Crippen LogP contribution in [0.15, 0.2) is 85.3 Å². The van der Waals surface area contributed by atoms with E-state index >= 15 is 0 Å². The summed E-state index contributed by atoms with van der Waals surface area (Å²) in [5, 5.41) is 1.36. The molecule has 1 aromatic heterocycles. The molecule has 0 saturated carbocycles. The zero-order chi connectivity index (χ0) is 23.5. The van der Waals surface area contributed by atoms with Crippen LogP contribution in [0, 0.1) is 0 Å². The van der Waals surface area contributed by atoms with Crippen LogP contribution in [0.2, 0.25) is 10.0 Å². The molecule has 1 aliphatic rings. The first-order valence-electron chi connectivity index (χ1n) is 11.2. The van der Waals surface area contributed by atoms with Crippen LogP contribution in [0.3, 0.4) is 0 Å². The maximum Gasteiger partial charge on any atom is 0.241 e. The number of rotatable bonds is 6. The van der Waals surface area contributed by atoms with E-state index in [1.807, 2.05) is 59.6 Å².